The van der Waals surface area contributed by atoms with Crippen LogP contribution in [0.15, 0.2) is 24.3 Å². The van der Waals surface area contributed by atoms with Crippen molar-refractivity contribution in [1.29, 1.82) is 0 Å². The van der Waals surface area contributed by atoms with Gasteiger partial charge in [0.25, 0.3) is 0 Å². The van der Waals surface area contributed by atoms with Crippen LogP contribution in [0.3, 0.4) is 0 Å². The highest BCUT2D eigenvalue weighted by molar-refractivity contribution is 5.26. The number of aryl methyl sites for hydroxylation is 1. The lowest BCUT2D eigenvalue weighted by Gasteiger charge is -2.04. The van der Waals surface area contributed by atoms with E-state index in [2.05, 4.69) is 0 Å². The summed E-state index contributed by atoms with van der Waals surface area (Å²) in [5, 5.41) is 0. The summed E-state index contributed by atoms with van der Waals surface area (Å²) in [6, 6.07) is 7.59. The number of hydrogen-bond acceptors (Lipinski definition) is 1. The van der Waals surface area contributed by atoms with Gasteiger partial charge < -0.3 is 5.73 Å². The topological polar surface area (TPSA) is 26.0 Å². The molecule has 0 aliphatic heterocycles. The van der Waals surface area contributed by atoms with Gasteiger partial charge in [-0.25, -0.2) is 4.39 Å². The number of alkyl halides is 1. The summed E-state index contributed by atoms with van der Waals surface area (Å²) >= 11 is 0. The summed E-state index contributed by atoms with van der Waals surface area (Å²) < 4.78 is 12.4. The van der Waals surface area contributed by atoms with Crippen LogP contribution in [0.1, 0.15) is 17.5 Å². The SMILES string of the molecule is NCCCc1ccccc1CF. The molecule has 1 aromatic rings. The van der Waals surface area contributed by atoms with Crippen molar-refractivity contribution in [3.05, 3.63) is 35.4 Å². The van der Waals surface area contributed by atoms with Gasteiger partial charge in [-0.05, 0) is 30.5 Å². The van der Waals surface area contributed by atoms with E-state index in [4.69, 9.17) is 5.73 Å². The Labute approximate surface area is 72.4 Å². The van der Waals surface area contributed by atoms with E-state index in [1.54, 1.807) is 0 Å². The first kappa shape index (κ1) is 9.20. The predicted octanol–water partition coefficient (Wildman–Crippen LogP) is 2.05. The highest BCUT2D eigenvalue weighted by Crippen LogP contribution is 2.11. The lowest BCUT2D eigenvalue weighted by Crippen LogP contribution is -2.01. The fraction of sp³-hybridized carbons (Fsp3) is 0.400. The van der Waals surface area contributed by atoms with Crippen LogP contribution < -0.4 is 5.73 Å². The van der Waals surface area contributed by atoms with Crippen molar-refractivity contribution in [3.63, 3.8) is 0 Å². The summed E-state index contributed by atoms with van der Waals surface area (Å²) in [6.45, 7) is 0.293. The Balaban J connectivity index is 2.68. The molecule has 0 atom stereocenters. The molecule has 0 fully saturated rings. The van der Waals surface area contributed by atoms with Gasteiger partial charge in [0.05, 0.1) is 0 Å². The molecule has 0 aromatic heterocycles. The fourth-order valence-electron chi connectivity index (χ4n) is 1.22. The van der Waals surface area contributed by atoms with E-state index in [1.165, 1.54) is 0 Å². The molecule has 0 aliphatic carbocycles. The van der Waals surface area contributed by atoms with Crippen LogP contribution in [0.5, 0.6) is 0 Å². The third-order valence-corrected chi connectivity index (χ3v) is 1.91. The van der Waals surface area contributed by atoms with Crippen molar-refractivity contribution in [2.24, 2.45) is 5.73 Å². The molecule has 0 heterocycles. The molecular weight excluding hydrogens is 153 g/mol. The molecule has 0 bridgehead atoms. The third-order valence-electron chi connectivity index (χ3n) is 1.91. The number of nitrogens with two attached hydrogens (primary N) is 1. The van der Waals surface area contributed by atoms with E-state index in [0.717, 1.165) is 24.0 Å². The molecule has 2 N–H and O–H groups in total. The van der Waals surface area contributed by atoms with Gasteiger partial charge >= 0.3 is 0 Å². The van der Waals surface area contributed by atoms with Crippen molar-refractivity contribution in [2.75, 3.05) is 6.54 Å². The lowest BCUT2D eigenvalue weighted by atomic mass is 10.0. The van der Waals surface area contributed by atoms with E-state index in [-0.39, 0.29) is 6.67 Å². The van der Waals surface area contributed by atoms with Crippen LogP contribution in [-0.2, 0) is 13.1 Å². The van der Waals surface area contributed by atoms with Crippen LogP contribution in [0.25, 0.3) is 0 Å². The van der Waals surface area contributed by atoms with E-state index in [9.17, 15) is 4.39 Å². The van der Waals surface area contributed by atoms with Crippen molar-refractivity contribution in [3.8, 4) is 0 Å². The summed E-state index contributed by atoms with van der Waals surface area (Å²) in [4.78, 5) is 0. The second kappa shape index (κ2) is 4.88. The summed E-state index contributed by atoms with van der Waals surface area (Å²) in [6.07, 6.45) is 1.81. The molecule has 1 nitrogen and oxygen atoms in total. The lowest BCUT2D eigenvalue weighted by molar-refractivity contribution is 0.482. The van der Waals surface area contributed by atoms with Crippen molar-refractivity contribution < 1.29 is 4.39 Å². The zero-order valence-electron chi connectivity index (χ0n) is 7.09. The van der Waals surface area contributed by atoms with Gasteiger partial charge in [0.2, 0.25) is 0 Å². The zero-order chi connectivity index (χ0) is 8.81. The molecule has 0 unspecified atom stereocenters. The Kier molecular flexibility index (Phi) is 3.74. The monoisotopic (exact) mass is 167 g/mol. The molecule has 0 radical (unpaired) electrons. The van der Waals surface area contributed by atoms with E-state index in [0.29, 0.717) is 6.54 Å². The van der Waals surface area contributed by atoms with Gasteiger partial charge in [0.1, 0.15) is 6.67 Å². The van der Waals surface area contributed by atoms with Crippen LogP contribution in [0, 0.1) is 0 Å². The van der Waals surface area contributed by atoms with Crippen LogP contribution in [0.2, 0.25) is 0 Å². The van der Waals surface area contributed by atoms with Gasteiger partial charge in [-0.2, -0.15) is 0 Å². The fourth-order valence-corrected chi connectivity index (χ4v) is 1.22. The first-order valence-electron chi connectivity index (χ1n) is 4.21. The molecular formula is C10H14FN. The van der Waals surface area contributed by atoms with Crippen LogP contribution in [0.4, 0.5) is 4.39 Å². The smallest absolute Gasteiger partial charge is 0.115 e. The molecule has 12 heavy (non-hydrogen) atoms. The van der Waals surface area contributed by atoms with Gasteiger partial charge in [0, 0.05) is 0 Å². The molecule has 0 spiro atoms. The minimum Gasteiger partial charge on any atom is -0.330 e. The Morgan fingerprint density at radius 2 is 1.83 bits per heavy atom. The van der Waals surface area contributed by atoms with Crippen LogP contribution >= 0.6 is 0 Å². The molecule has 0 aliphatic rings. The Morgan fingerprint density at radius 1 is 1.17 bits per heavy atom. The Morgan fingerprint density at radius 3 is 2.42 bits per heavy atom. The van der Waals surface area contributed by atoms with Gasteiger partial charge in [-0.3, -0.25) is 0 Å². The summed E-state index contributed by atoms with van der Waals surface area (Å²) in [7, 11) is 0. The largest absolute Gasteiger partial charge is 0.330 e. The molecule has 1 aromatic carbocycles. The highest BCUT2D eigenvalue weighted by atomic mass is 19.1. The second-order valence-electron chi connectivity index (χ2n) is 2.79. The first-order valence-corrected chi connectivity index (χ1v) is 4.21. The minimum atomic E-state index is -0.374. The Hall–Kier alpha value is -0.890. The van der Waals surface area contributed by atoms with Crippen molar-refractivity contribution in [2.45, 2.75) is 19.5 Å². The standard InChI is InChI=1S/C10H14FN/c11-8-10-5-2-1-4-9(10)6-3-7-12/h1-2,4-5H,3,6-8,12H2. The average molecular weight is 167 g/mol. The van der Waals surface area contributed by atoms with Gasteiger partial charge in [-0.15, -0.1) is 0 Å². The highest BCUT2D eigenvalue weighted by Gasteiger charge is 1.99. The Bertz CT molecular complexity index is 235. The number of rotatable bonds is 4. The maximum Gasteiger partial charge on any atom is 0.115 e. The van der Waals surface area contributed by atoms with E-state index < -0.39 is 0 Å². The van der Waals surface area contributed by atoms with Crippen molar-refractivity contribution in [1.82, 2.24) is 0 Å². The zero-order valence-corrected chi connectivity index (χ0v) is 7.09. The normalized spacial score (nSPS) is 10.2. The third kappa shape index (κ3) is 2.31. The van der Waals surface area contributed by atoms with Crippen LogP contribution in [-0.4, -0.2) is 6.54 Å². The average Bonchev–Trinajstić information content (AvgIpc) is 2.15. The quantitative estimate of drug-likeness (QED) is 0.729. The first-order chi connectivity index (χ1) is 5.88. The maximum atomic E-state index is 12.4. The van der Waals surface area contributed by atoms with E-state index in [1.807, 2.05) is 24.3 Å². The predicted molar refractivity (Wildman–Crippen MR) is 48.6 cm³/mol. The molecule has 1 rings (SSSR count). The molecule has 0 saturated carbocycles. The molecule has 0 saturated heterocycles. The maximum absolute atomic E-state index is 12.4. The molecule has 0 amide bonds. The number of benzene rings is 1. The number of halogens is 1. The molecule has 2 heteroatoms. The number of hydrogen-bond donors (Lipinski definition) is 1. The van der Waals surface area contributed by atoms with E-state index >= 15 is 0 Å². The second-order valence-corrected chi connectivity index (χ2v) is 2.79. The van der Waals surface area contributed by atoms with Crippen molar-refractivity contribution >= 4 is 0 Å². The summed E-state index contributed by atoms with van der Waals surface area (Å²) in [5.74, 6) is 0. The minimum absolute atomic E-state index is 0.374. The van der Waals surface area contributed by atoms with Gasteiger partial charge in [0.15, 0.2) is 0 Å². The molecule has 66 valence electrons. The summed E-state index contributed by atoms with van der Waals surface area (Å²) in [5.41, 5.74) is 7.26. The van der Waals surface area contributed by atoms with Gasteiger partial charge in [-0.1, -0.05) is 24.3 Å².